The number of anilines is 1. The van der Waals surface area contributed by atoms with Crippen LogP contribution in [0.3, 0.4) is 0 Å². The molecule has 17 heavy (non-hydrogen) atoms. The van der Waals surface area contributed by atoms with E-state index in [1.165, 1.54) is 6.07 Å². The number of benzene rings is 1. The van der Waals surface area contributed by atoms with Gasteiger partial charge >= 0.3 is 0 Å². The van der Waals surface area contributed by atoms with Crippen LogP contribution in [0.5, 0.6) is 0 Å². The van der Waals surface area contributed by atoms with Crippen LogP contribution >= 0.6 is 15.9 Å². The second-order valence-corrected chi connectivity index (χ2v) is 5.55. The first-order valence-electron chi connectivity index (χ1n) is 5.39. The van der Waals surface area contributed by atoms with E-state index in [1.54, 1.807) is 6.07 Å². The minimum Gasteiger partial charge on any atom is -0.361 e. The highest BCUT2D eigenvalue weighted by molar-refractivity contribution is 9.10. The Morgan fingerprint density at radius 3 is 2.53 bits per heavy atom. The molecular formula is C12H15BrF2N2. The molecule has 1 aromatic rings. The molecule has 0 spiro atoms. The Morgan fingerprint density at radius 1 is 1.29 bits per heavy atom. The number of alkyl halides is 2. The Labute approximate surface area is 108 Å². The maximum absolute atomic E-state index is 13.4. The van der Waals surface area contributed by atoms with Gasteiger partial charge in [0.05, 0.1) is 6.67 Å². The lowest BCUT2D eigenvalue weighted by Gasteiger charge is -2.35. The first-order chi connectivity index (χ1) is 7.79. The van der Waals surface area contributed by atoms with Gasteiger partial charge in [-0.2, -0.15) is 0 Å². The summed E-state index contributed by atoms with van der Waals surface area (Å²) in [6, 6.07) is 3.11. The third kappa shape index (κ3) is 2.45. The highest BCUT2D eigenvalue weighted by Crippen LogP contribution is 2.38. The van der Waals surface area contributed by atoms with Crippen LogP contribution < -0.4 is 4.90 Å². The maximum Gasteiger partial charge on any atom is 0.270 e. The smallest absolute Gasteiger partial charge is 0.270 e. The van der Waals surface area contributed by atoms with Crippen molar-refractivity contribution in [2.75, 3.05) is 25.7 Å². The number of hydrogen-bond donors (Lipinski definition) is 0. The van der Waals surface area contributed by atoms with E-state index in [2.05, 4.69) is 20.8 Å². The van der Waals surface area contributed by atoms with Crippen molar-refractivity contribution < 1.29 is 8.78 Å². The molecule has 0 saturated heterocycles. The fourth-order valence-corrected chi connectivity index (χ4v) is 2.71. The summed E-state index contributed by atoms with van der Waals surface area (Å²) < 4.78 is 27.5. The first kappa shape index (κ1) is 12.8. The summed E-state index contributed by atoms with van der Waals surface area (Å²) >= 11 is 3.39. The van der Waals surface area contributed by atoms with Gasteiger partial charge in [0.1, 0.15) is 0 Å². The van der Waals surface area contributed by atoms with Crippen molar-refractivity contribution in [1.82, 2.24) is 4.90 Å². The topological polar surface area (TPSA) is 6.48 Å². The molecule has 0 atom stereocenters. The van der Waals surface area contributed by atoms with E-state index < -0.39 is 5.92 Å². The zero-order valence-corrected chi connectivity index (χ0v) is 11.7. The Hall–Kier alpha value is -0.680. The van der Waals surface area contributed by atoms with Crippen molar-refractivity contribution in [2.45, 2.75) is 19.4 Å². The SMILES string of the molecule is CN1Cc2c(Br)cc(C(C)(F)F)cc2N(C)C1. The van der Waals surface area contributed by atoms with Crippen molar-refractivity contribution in [3.63, 3.8) is 0 Å². The maximum atomic E-state index is 13.4. The van der Waals surface area contributed by atoms with Gasteiger partial charge in [-0.25, -0.2) is 8.78 Å². The molecular weight excluding hydrogens is 290 g/mol. The number of nitrogens with zero attached hydrogens (tertiary/aromatic N) is 2. The quantitative estimate of drug-likeness (QED) is 0.784. The molecule has 94 valence electrons. The average Bonchev–Trinajstić information content (AvgIpc) is 2.17. The Balaban J connectivity index is 2.54. The third-order valence-corrected chi connectivity index (χ3v) is 3.68. The van der Waals surface area contributed by atoms with Crippen LogP contribution in [0.1, 0.15) is 18.1 Å². The molecule has 0 aliphatic carbocycles. The number of fused-ring (bicyclic) bond motifs is 1. The highest BCUT2D eigenvalue weighted by atomic mass is 79.9. The van der Waals surface area contributed by atoms with Crippen molar-refractivity contribution >= 4 is 21.6 Å². The van der Waals surface area contributed by atoms with Crippen LogP contribution in [-0.4, -0.2) is 25.7 Å². The lowest BCUT2D eigenvalue weighted by atomic mass is 10.0. The normalized spacial score (nSPS) is 17.2. The van der Waals surface area contributed by atoms with Gasteiger partial charge in [-0.1, -0.05) is 15.9 Å². The van der Waals surface area contributed by atoms with E-state index in [0.717, 1.165) is 35.9 Å². The molecule has 2 rings (SSSR count). The van der Waals surface area contributed by atoms with Crippen LogP contribution in [0.15, 0.2) is 16.6 Å². The van der Waals surface area contributed by atoms with Gasteiger partial charge in [-0.3, -0.25) is 4.90 Å². The van der Waals surface area contributed by atoms with E-state index in [-0.39, 0.29) is 5.56 Å². The van der Waals surface area contributed by atoms with Crippen LogP contribution in [0.2, 0.25) is 0 Å². The average molecular weight is 305 g/mol. The van der Waals surface area contributed by atoms with Crippen LogP contribution in [-0.2, 0) is 12.5 Å². The summed E-state index contributed by atoms with van der Waals surface area (Å²) in [6.07, 6.45) is 0. The molecule has 1 heterocycles. The standard InChI is InChI=1S/C12H15BrF2N2/c1-12(14,15)8-4-10(13)9-6-16(2)7-17(3)11(9)5-8/h4-5H,6-7H2,1-3H3. The zero-order valence-electron chi connectivity index (χ0n) is 10.1. The lowest BCUT2D eigenvalue weighted by Crippen LogP contribution is -2.38. The third-order valence-electron chi connectivity index (χ3n) is 2.97. The molecule has 0 saturated carbocycles. The predicted molar refractivity (Wildman–Crippen MR) is 68.4 cm³/mol. The largest absolute Gasteiger partial charge is 0.361 e. The summed E-state index contributed by atoms with van der Waals surface area (Å²) in [5.74, 6) is -2.80. The molecule has 1 aliphatic rings. The Morgan fingerprint density at radius 2 is 1.94 bits per heavy atom. The zero-order chi connectivity index (χ0) is 12.8. The second-order valence-electron chi connectivity index (χ2n) is 4.70. The fraction of sp³-hybridized carbons (Fsp3) is 0.500. The summed E-state index contributed by atoms with van der Waals surface area (Å²) in [5.41, 5.74) is 2.00. The Bertz CT molecular complexity index is 443. The molecule has 1 aliphatic heterocycles. The summed E-state index contributed by atoms with van der Waals surface area (Å²) in [7, 11) is 3.92. The minimum absolute atomic E-state index is 0.0551. The van der Waals surface area contributed by atoms with E-state index in [9.17, 15) is 8.78 Å². The van der Waals surface area contributed by atoms with Crippen molar-refractivity contribution in [1.29, 1.82) is 0 Å². The number of halogens is 3. The van der Waals surface area contributed by atoms with Crippen LogP contribution in [0.4, 0.5) is 14.5 Å². The first-order valence-corrected chi connectivity index (χ1v) is 6.18. The van der Waals surface area contributed by atoms with Crippen LogP contribution in [0.25, 0.3) is 0 Å². The monoisotopic (exact) mass is 304 g/mol. The predicted octanol–water partition coefficient (Wildman–Crippen LogP) is 3.40. The molecule has 0 aromatic heterocycles. The molecule has 0 N–H and O–H groups in total. The lowest BCUT2D eigenvalue weighted by molar-refractivity contribution is 0.0174. The second kappa shape index (κ2) is 4.21. The molecule has 2 nitrogen and oxygen atoms in total. The molecule has 1 aromatic carbocycles. The number of rotatable bonds is 1. The van der Waals surface area contributed by atoms with Gasteiger partial charge in [0.2, 0.25) is 0 Å². The summed E-state index contributed by atoms with van der Waals surface area (Å²) in [4.78, 5) is 4.12. The van der Waals surface area contributed by atoms with Crippen molar-refractivity contribution in [3.8, 4) is 0 Å². The molecule has 0 unspecified atom stereocenters. The van der Waals surface area contributed by atoms with Crippen LogP contribution in [0, 0.1) is 0 Å². The molecule has 0 bridgehead atoms. The van der Waals surface area contributed by atoms with Gasteiger partial charge in [0.15, 0.2) is 0 Å². The molecule has 0 amide bonds. The number of hydrogen-bond acceptors (Lipinski definition) is 2. The Kier molecular flexibility index (Phi) is 3.16. The summed E-state index contributed by atoms with van der Waals surface area (Å²) in [5, 5.41) is 0. The molecule has 5 heteroatoms. The van der Waals surface area contributed by atoms with Gasteiger partial charge < -0.3 is 4.90 Å². The van der Waals surface area contributed by atoms with Crippen molar-refractivity contribution in [3.05, 3.63) is 27.7 Å². The minimum atomic E-state index is -2.80. The van der Waals surface area contributed by atoms with E-state index in [0.29, 0.717) is 0 Å². The van der Waals surface area contributed by atoms with Gasteiger partial charge in [0, 0.05) is 41.8 Å². The fourth-order valence-electron chi connectivity index (χ4n) is 2.13. The van der Waals surface area contributed by atoms with Gasteiger partial charge in [-0.15, -0.1) is 0 Å². The van der Waals surface area contributed by atoms with E-state index >= 15 is 0 Å². The van der Waals surface area contributed by atoms with E-state index in [1.807, 2.05) is 19.0 Å². The molecule has 0 fully saturated rings. The van der Waals surface area contributed by atoms with Gasteiger partial charge in [0.25, 0.3) is 5.92 Å². The van der Waals surface area contributed by atoms with Crippen molar-refractivity contribution in [2.24, 2.45) is 0 Å². The molecule has 0 radical (unpaired) electrons. The van der Waals surface area contributed by atoms with E-state index in [4.69, 9.17) is 0 Å². The highest BCUT2D eigenvalue weighted by Gasteiger charge is 2.28. The summed E-state index contributed by atoms with van der Waals surface area (Å²) in [6.45, 7) is 2.45. The van der Waals surface area contributed by atoms with Gasteiger partial charge in [-0.05, 0) is 19.2 Å².